The number of Topliss-reactive ketones (excluding diaryl/α,β-unsaturated/α-hetero) is 1. The van der Waals surface area contributed by atoms with Crippen molar-refractivity contribution in [2.45, 2.75) is 50.2 Å². The number of nitrogens with zero attached hydrogens (tertiary/aromatic N) is 5. The van der Waals surface area contributed by atoms with Crippen LogP contribution in [0, 0.1) is 0 Å². The first-order valence-electron chi connectivity index (χ1n) is 10.6. The van der Waals surface area contributed by atoms with Gasteiger partial charge < -0.3 is 14.5 Å². The topological polar surface area (TPSA) is 80.6 Å². The van der Waals surface area contributed by atoms with Crippen LogP contribution in [0.3, 0.4) is 0 Å². The Kier molecular flexibility index (Phi) is 5.15. The van der Waals surface area contributed by atoms with Gasteiger partial charge >= 0.3 is 6.18 Å². The minimum Gasteiger partial charge on any atom is -0.371 e. The number of hydrogen-bond donors (Lipinski definition) is 0. The summed E-state index contributed by atoms with van der Waals surface area (Å²) < 4.78 is 48.7. The van der Waals surface area contributed by atoms with E-state index in [9.17, 15) is 22.8 Å². The minimum absolute atomic E-state index is 0.0283. The minimum atomic E-state index is -4.58. The van der Waals surface area contributed by atoms with Gasteiger partial charge in [0.2, 0.25) is 5.95 Å². The number of ketones is 1. The SMILES string of the molecule is O=C(CN1c2nc(N3CC4CC[C@@H](C3)O4)cc(=O)n2CCC1C(F)(F)F)c1cccnc1. The van der Waals surface area contributed by atoms with Crippen molar-refractivity contribution in [3.8, 4) is 0 Å². The van der Waals surface area contributed by atoms with Gasteiger partial charge in [-0.25, -0.2) is 0 Å². The summed E-state index contributed by atoms with van der Waals surface area (Å²) in [4.78, 5) is 36.8. The first-order valence-corrected chi connectivity index (χ1v) is 10.6. The molecule has 3 aliphatic rings. The molecule has 0 radical (unpaired) electrons. The summed E-state index contributed by atoms with van der Waals surface area (Å²) in [7, 11) is 0. The number of pyridine rings is 1. The molecule has 0 aromatic carbocycles. The molecular weight excluding hydrogens is 427 g/mol. The number of anilines is 2. The van der Waals surface area contributed by atoms with E-state index in [0.29, 0.717) is 18.9 Å². The molecule has 0 aliphatic carbocycles. The molecule has 11 heteroatoms. The van der Waals surface area contributed by atoms with Crippen LogP contribution < -0.4 is 15.4 Å². The molecular formula is C21H22F3N5O3. The van der Waals surface area contributed by atoms with E-state index in [1.54, 1.807) is 6.07 Å². The van der Waals surface area contributed by atoms with Crippen LogP contribution >= 0.6 is 0 Å². The molecule has 32 heavy (non-hydrogen) atoms. The Morgan fingerprint density at radius 3 is 2.59 bits per heavy atom. The maximum absolute atomic E-state index is 13.9. The number of morpholine rings is 1. The molecule has 5 heterocycles. The summed E-state index contributed by atoms with van der Waals surface area (Å²) in [5, 5.41) is 0. The normalized spacial score (nSPS) is 25.0. The highest BCUT2D eigenvalue weighted by molar-refractivity contribution is 5.98. The number of ether oxygens (including phenoxy) is 1. The number of carbonyl (C=O) groups excluding carboxylic acids is 1. The standard InChI is InChI=1S/C21H22F3N5O3/c22-21(23,24)17-5-7-28-19(31)8-18(27-10-14-3-4-15(11-27)32-14)26-20(28)29(17)12-16(30)13-2-1-6-25-9-13/h1-2,6,8-9,14-15,17H,3-5,7,10-12H2/t14-,15?,17?/m0/s1. The maximum Gasteiger partial charge on any atom is 0.408 e. The zero-order chi connectivity index (χ0) is 22.5. The quantitative estimate of drug-likeness (QED) is 0.661. The Morgan fingerprint density at radius 2 is 1.94 bits per heavy atom. The van der Waals surface area contributed by atoms with Crippen LogP contribution in [0.5, 0.6) is 0 Å². The molecule has 2 bridgehead atoms. The van der Waals surface area contributed by atoms with Crippen LogP contribution in [0.1, 0.15) is 29.6 Å². The fraction of sp³-hybridized carbons (Fsp3) is 0.524. The number of alkyl halides is 3. The van der Waals surface area contributed by atoms with Crippen LogP contribution in [0.4, 0.5) is 24.9 Å². The zero-order valence-electron chi connectivity index (χ0n) is 17.2. The van der Waals surface area contributed by atoms with E-state index >= 15 is 0 Å². The van der Waals surface area contributed by atoms with Crippen LogP contribution in [0.25, 0.3) is 0 Å². The van der Waals surface area contributed by atoms with E-state index in [2.05, 4.69) is 9.97 Å². The highest BCUT2D eigenvalue weighted by Gasteiger charge is 2.47. The zero-order valence-corrected chi connectivity index (χ0v) is 17.2. The molecule has 2 fully saturated rings. The lowest BCUT2D eigenvalue weighted by Crippen LogP contribution is -2.54. The van der Waals surface area contributed by atoms with E-state index in [1.165, 1.54) is 29.1 Å². The number of carbonyl (C=O) groups is 1. The third kappa shape index (κ3) is 3.85. The number of halogens is 3. The highest BCUT2D eigenvalue weighted by Crippen LogP contribution is 2.35. The van der Waals surface area contributed by atoms with Gasteiger partial charge in [0.15, 0.2) is 5.78 Å². The van der Waals surface area contributed by atoms with Gasteiger partial charge in [-0.05, 0) is 31.4 Å². The summed E-state index contributed by atoms with van der Waals surface area (Å²) in [6.07, 6.45) is -0.240. The van der Waals surface area contributed by atoms with E-state index in [4.69, 9.17) is 4.74 Å². The summed E-state index contributed by atoms with van der Waals surface area (Å²) in [5.41, 5.74) is -0.225. The van der Waals surface area contributed by atoms with Gasteiger partial charge in [-0.2, -0.15) is 18.2 Å². The van der Waals surface area contributed by atoms with Crippen molar-refractivity contribution in [2.75, 3.05) is 29.4 Å². The number of aromatic nitrogens is 3. The van der Waals surface area contributed by atoms with Crippen molar-refractivity contribution < 1.29 is 22.7 Å². The smallest absolute Gasteiger partial charge is 0.371 e. The van der Waals surface area contributed by atoms with Crippen molar-refractivity contribution in [1.82, 2.24) is 14.5 Å². The van der Waals surface area contributed by atoms with Crippen molar-refractivity contribution in [2.24, 2.45) is 0 Å². The van der Waals surface area contributed by atoms with Crippen LogP contribution in [0.2, 0.25) is 0 Å². The van der Waals surface area contributed by atoms with Gasteiger partial charge in [0.05, 0.1) is 18.8 Å². The average Bonchev–Trinajstić information content (AvgIpc) is 3.11. The third-order valence-electron chi connectivity index (χ3n) is 6.28. The lowest BCUT2D eigenvalue weighted by Gasteiger charge is -2.39. The molecule has 0 saturated carbocycles. The van der Waals surface area contributed by atoms with E-state index in [-0.39, 0.29) is 36.7 Å². The molecule has 3 atom stereocenters. The Hall–Kier alpha value is -2.95. The summed E-state index contributed by atoms with van der Waals surface area (Å²) in [6, 6.07) is 2.50. The molecule has 2 aromatic rings. The summed E-state index contributed by atoms with van der Waals surface area (Å²) >= 11 is 0. The molecule has 0 spiro atoms. The number of hydrogen-bond acceptors (Lipinski definition) is 7. The Labute approximate surface area is 181 Å². The first kappa shape index (κ1) is 20.9. The van der Waals surface area contributed by atoms with Gasteiger partial charge in [-0.1, -0.05) is 0 Å². The largest absolute Gasteiger partial charge is 0.408 e. The highest BCUT2D eigenvalue weighted by atomic mass is 19.4. The van der Waals surface area contributed by atoms with Gasteiger partial charge in [-0.15, -0.1) is 0 Å². The molecule has 8 nitrogen and oxygen atoms in total. The third-order valence-corrected chi connectivity index (χ3v) is 6.28. The Morgan fingerprint density at radius 1 is 1.19 bits per heavy atom. The van der Waals surface area contributed by atoms with E-state index < -0.39 is 30.1 Å². The van der Waals surface area contributed by atoms with Crippen molar-refractivity contribution in [1.29, 1.82) is 0 Å². The predicted octanol–water partition coefficient (Wildman–Crippen LogP) is 2.03. The maximum atomic E-state index is 13.9. The summed E-state index contributed by atoms with van der Waals surface area (Å²) in [6.45, 7) is 0.394. The number of rotatable bonds is 4. The monoisotopic (exact) mass is 449 g/mol. The predicted molar refractivity (Wildman–Crippen MR) is 109 cm³/mol. The van der Waals surface area contributed by atoms with Crippen molar-refractivity contribution in [3.05, 3.63) is 46.5 Å². The second kappa shape index (κ2) is 7.88. The van der Waals surface area contributed by atoms with Gasteiger partial charge in [0.25, 0.3) is 5.56 Å². The van der Waals surface area contributed by atoms with E-state index in [1.807, 2.05) is 4.90 Å². The Balaban J connectivity index is 1.53. The van der Waals surface area contributed by atoms with Crippen LogP contribution in [0.15, 0.2) is 35.4 Å². The molecule has 3 aliphatic heterocycles. The summed E-state index contributed by atoms with van der Waals surface area (Å²) in [5.74, 6) is -0.329. The van der Waals surface area contributed by atoms with Gasteiger partial charge in [0.1, 0.15) is 11.9 Å². The molecule has 170 valence electrons. The van der Waals surface area contributed by atoms with Gasteiger partial charge in [-0.3, -0.25) is 19.1 Å². The second-order valence-corrected chi connectivity index (χ2v) is 8.41. The molecule has 0 amide bonds. The fourth-order valence-corrected chi connectivity index (χ4v) is 4.72. The molecule has 2 unspecified atom stereocenters. The lowest BCUT2D eigenvalue weighted by atomic mass is 10.1. The van der Waals surface area contributed by atoms with Crippen molar-refractivity contribution >= 4 is 17.5 Å². The van der Waals surface area contributed by atoms with E-state index in [0.717, 1.165) is 17.7 Å². The second-order valence-electron chi connectivity index (χ2n) is 8.41. The number of fused-ring (bicyclic) bond motifs is 3. The molecule has 2 aromatic heterocycles. The molecule has 2 saturated heterocycles. The molecule has 0 N–H and O–H groups in total. The average molecular weight is 449 g/mol. The van der Waals surface area contributed by atoms with Crippen LogP contribution in [-0.4, -0.2) is 64.4 Å². The fourth-order valence-electron chi connectivity index (χ4n) is 4.72. The van der Waals surface area contributed by atoms with Crippen molar-refractivity contribution in [3.63, 3.8) is 0 Å². The first-order chi connectivity index (χ1) is 15.3. The lowest BCUT2D eigenvalue weighted by molar-refractivity contribution is -0.152. The Bertz CT molecular complexity index is 1060. The van der Waals surface area contributed by atoms with Crippen LogP contribution in [-0.2, 0) is 11.3 Å². The van der Waals surface area contributed by atoms with Gasteiger partial charge in [0, 0.05) is 43.7 Å². The molecule has 5 rings (SSSR count).